The van der Waals surface area contributed by atoms with E-state index in [2.05, 4.69) is 5.32 Å². The molecule has 0 saturated heterocycles. The minimum atomic E-state index is -3.23. The van der Waals surface area contributed by atoms with E-state index in [1.165, 1.54) is 0 Å². The van der Waals surface area contributed by atoms with Crippen molar-refractivity contribution in [2.75, 3.05) is 12.3 Å². The van der Waals surface area contributed by atoms with Crippen molar-refractivity contribution >= 4 is 9.84 Å². The van der Waals surface area contributed by atoms with E-state index in [0.29, 0.717) is 24.3 Å². The summed E-state index contributed by atoms with van der Waals surface area (Å²) in [6, 6.07) is 7.10. The van der Waals surface area contributed by atoms with Crippen molar-refractivity contribution in [3.8, 4) is 0 Å². The molecule has 3 unspecified atom stereocenters. The second-order valence-corrected chi connectivity index (χ2v) is 8.06. The van der Waals surface area contributed by atoms with Gasteiger partial charge in [-0.2, -0.15) is 0 Å². The van der Waals surface area contributed by atoms with Crippen molar-refractivity contribution in [3.63, 3.8) is 0 Å². The van der Waals surface area contributed by atoms with E-state index < -0.39 is 21.5 Å². The first-order valence-corrected chi connectivity index (χ1v) is 8.94. The average Bonchev–Trinajstić information content (AvgIpc) is 2.42. The van der Waals surface area contributed by atoms with Crippen LogP contribution in [-0.4, -0.2) is 38.0 Å². The second-order valence-electron chi connectivity index (χ2n) is 5.98. The molecule has 1 aromatic rings. The quantitative estimate of drug-likeness (QED) is 0.747. The molecule has 0 aliphatic carbocycles. The van der Waals surface area contributed by atoms with Crippen molar-refractivity contribution in [2.45, 2.75) is 49.3 Å². The third kappa shape index (κ3) is 3.29. The lowest BCUT2D eigenvalue weighted by Gasteiger charge is -2.41. The lowest BCUT2D eigenvalue weighted by atomic mass is 9.85. The molecule has 0 bridgehead atoms. The maximum atomic E-state index is 12.2. The van der Waals surface area contributed by atoms with Crippen LogP contribution in [0.2, 0.25) is 0 Å². The molecular weight excluding hydrogens is 288 g/mol. The average molecular weight is 312 g/mol. The van der Waals surface area contributed by atoms with Crippen LogP contribution in [0.3, 0.4) is 0 Å². The number of fused-ring (bicyclic) bond motifs is 1. The van der Waals surface area contributed by atoms with Crippen LogP contribution in [-0.2, 0) is 15.4 Å². The number of hydrogen-bond acceptors (Lipinski definition) is 5. The van der Waals surface area contributed by atoms with Gasteiger partial charge in [-0.15, -0.1) is 0 Å². The highest BCUT2D eigenvalue weighted by molar-refractivity contribution is 7.91. The largest absolute Gasteiger partial charge is 0.393 e. The van der Waals surface area contributed by atoms with Gasteiger partial charge in [-0.25, -0.2) is 8.42 Å². The topological polar surface area (TPSA) is 92.4 Å². The van der Waals surface area contributed by atoms with Crippen LogP contribution in [0.1, 0.15) is 32.3 Å². The summed E-state index contributed by atoms with van der Waals surface area (Å²) >= 11 is 0. The predicted octanol–water partition coefficient (Wildman–Crippen LogP) is 0.767. The second kappa shape index (κ2) is 6.04. The molecule has 0 spiro atoms. The zero-order chi connectivity index (χ0) is 15.7. The Bertz CT molecular complexity index is 601. The van der Waals surface area contributed by atoms with E-state index in [1.807, 2.05) is 19.1 Å². The van der Waals surface area contributed by atoms with Crippen LogP contribution < -0.4 is 11.1 Å². The first kappa shape index (κ1) is 16.4. The van der Waals surface area contributed by atoms with E-state index >= 15 is 0 Å². The van der Waals surface area contributed by atoms with Crippen molar-refractivity contribution in [1.29, 1.82) is 0 Å². The Hall–Kier alpha value is -0.950. The van der Waals surface area contributed by atoms with E-state index in [1.54, 1.807) is 19.1 Å². The molecule has 1 aliphatic rings. The Labute approximate surface area is 126 Å². The number of nitrogens with two attached hydrogens (primary N) is 1. The van der Waals surface area contributed by atoms with E-state index in [4.69, 9.17) is 5.73 Å². The van der Waals surface area contributed by atoms with Gasteiger partial charge in [0.05, 0.1) is 22.3 Å². The Kier molecular flexibility index (Phi) is 4.72. The van der Waals surface area contributed by atoms with Gasteiger partial charge in [-0.3, -0.25) is 0 Å². The summed E-state index contributed by atoms with van der Waals surface area (Å²) in [7, 11) is -3.23. The summed E-state index contributed by atoms with van der Waals surface area (Å²) in [6.07, 6.45) is 0.633. The van der Waals surface area contributed by atoms with E-state index in [0.717, 1.165) is 5.56 Å². The van der Waals surface area contributed by atoms with Gasteiger partial charge in [0, 0.05) is 12.6 Å². The molecule has 5 nitrogen and oxygen atoms in total. The normalized spacial score (nSPS) is 26.9. The fraction of sp³-hybridized carbons (Fsp3) is 0.600. The molecule has 0 radical (unpaired) electrons. The molecule has 1 aromatic carbocycles. The van der Waals surface area contributed by atoms with Crippen molar-refractivity contribution in [3.05, 3.63) is 29.8 Å². The maximum Gasteiger partial charge on any atom is 0.178 e. The number of benzene rings is 1. The molecule has 6 heteroatoms. The molecule has 0 saturated carbocycles. The predicted molar refractivity (Wildman–Crippen MR) is 82.7 cm³/mol. The highest BCUT2D eigenvalue weighted by Crippen LogP contribution is 2.36. The van der Waals surface area contributed by atoms with Gasteiger partial charge < -0.3 is 16.2 Å². The Balaban J connectivity index is 2.40. The maximum absolute atomic E-state index is 12.2. The highest BCUT2D eigenvalue weighted by Gasteiger charge is 2.41. The lowest BCUT2D eigenvalue weighted by molar-refractivity contribution is 0.156. The number of aliphatic hydroxyl groups excluding tert-OH is 1. The Morgan fingerprint density at radius 2 is 2.05 bits per heavy atom. The highest BCUT2D eigenvalue weighted by atomic mass is 32.2. The fourth-order valence-corrected chi connectivity index (χ4v) is 4.87. The van der Waals surface area contributed by atoms with Gasteiger partial charge in [0.15, 0.2) is 9.84 Å². The van der Waals surface area contributed by atoms with Gasteiger partial charge >= 0.3 is 0 Å². The van der Waals surface area contributed by atoms with Gasteiger partial charge in [-0.05, 0) is 38.3 Å². The third-order valence-electron chi connectivity index (χ3n) is 4.10. The van der Waals surface area contributed by atoms with Gasteiger partial charge in [0.2, 0.25) is 0 Å². The van der Waals surface area contributed by atoms with Crippen LogP contribution in [0, 0.1) is 0 Å². The molecule has 3 atom stereocenters. The van der Waals surface area contributed by atoms with Gasteiger partial charge in [-0.1, -0.05) is 18.2 Å². The van der Waals surface area contributed by atoms with Crippen LogP contribution in [0.5, 0.6) is 0 Å². The van der Waals surface area contributed by atoms with Crippen LogP contribution >= 0.6 is 0 Å². The molecule has 0 fully saturated rings. The minimum absolute atomic E-state index is 0.0439. The molecule has 2 rings (SSSR count). The van der Waals surface area contributed by atoms with Gasteiger partial charge in [0.1, 0.15) is 0 Å². The SMILES string of the molecule is CC(O)CC(C)NC1(CN)CCS(=O)(=O)c2ccccc21. The summed E-state index contributed by atoms with van der Waals surface area (Å²) < 4.78 is 24.5. The Morgan fingerprint density at radius 1 is 1.38 bits per heavy atom. The minimum Gasteiger partial charge on any atom is -0.393 e. The first-order chi connectivity index (χ1) is 9.81. The summed E-state index contributed by atoms with van der Waals surface area (Å²) in [6.45, 7) is 4.05. The zero-order valence-corrected chi connectivity index (χ0v) is 13.4. The van der Waals surface area contributed by atoms with Crippen molar-refractivity contribution in [2.24, 2.45) is 5.73 Å². The number of rotatable bonds is 5. The summed E-state index contributed by atoms with van der Waals surface area (Å²) in [5.41, 5.74) is 6.20. The summed E-state index contributed by atoms with van der Waals surface area (Å²) in [5.74, 6) is 0.0929. The third-order valence-corrected chi connectivity index (χ3v) is 5.87. The van der Waals surface area contributed by atoms with E-state index in [-0.39, 0.29) is 11.8 Å². The standard InChI is InChI=1S/C15H24N2O3S/c1-11(9-12(2)18)17-15(10-16)7-8-21(19,20)14-6-4-3-5-13(14)15/h3-6,11-12,17-18H,7-10,16H2,1-2H3. The number of nitrogens with one attached hydrogen (secondary N) is 1. The molecule has 4 N–H and O–H groups in total. The lowest BCUT2D eigenvalue weighted by Crippen LogP contribution is -2.55. The molecule has 0 amide bonds. The summed E-state index contributed by atoms with van der Waals surface area (Å²) in [5, 5.41) is 13.0. The zero-order valence-electron chi connectivity index (χ0n) is 12.5. The van der Waals surface area contributed by atoms with Crippen LogP contribution in [0.15, 0.2) is 29.2 Å². The Morgan fingerprint density at radius 3 is 2.67 bits per heavy atom. The monoisotopic (exact) mass is 312 g/mol. The molecular formula is C15H24N2O3S. The molecule has 1 aliphatic heterocycles. The van der Waals surface area contributed by atoms with E-state index in [9.17, 15) is 13.5 Å². The van der Waals surface area contributed by atoms with Crippen LogP contribution in [0.25, 0.3) is 0 Å². The van der Waals surface area contributed by atoms with Crippen molar-refractivity contribution in [1.82, 2.24) is 5.32 Å². The molecule has 118 valence electrons. The van der Waals surface area contributed by atoms with Crippen molar-refractivity contribution < 1.29 is 13.5 Å². The fourth-order valence-electron chi connectivity index (χ4n) is 3.15. The van der Waals surface area contributed by atoms with Crippen LogP contribution in [0.4, 0.5) is 0 Å². The molecule has 1 heterocycles. The summed E-state index contributed by atoms with van der Waals surface area (Å²) in [4.78, 5) is 0.374. The number of sulfone groups is 1. The first-order valence-electron chi connectivity index (χ1n) is 7.29. The molecule has 21 heavy (non-hydrogen) atoms. The van der Waals surface area contributed by atoms with Gasteiger partial charge in [0.25, 0.3) is 0 Å². The number of hydrogen-bond donors (Lipinski definition) is 3. The molecule has 0 aromatic heterocycles. The number of aliphatic hydroxyl groups is 1. The smallest absolute Gasteiger partial charge is 0.178 e.